The number of aliphatic hydroxyl groups is 1. The third kappa shape index (κ3) is 4.01. The van der Waals surface area contributed by atoms with E-state index in [0.717, 1.165) is 23.7 Å². The van der Waals surface area contributed by atoms with Crippen molar-refractivity contribution in [2.45, 2.75) is 38.6 Å². The summed E-state index contributed by atoms with van der Waals surface area (Å²) in [6, 6.07) is 12.2. The van der Waals surface area contributed by atoms with Crippen LogP contribution >= 0.6 is 11.6 Å². The van der Waals surface area contributed by atoms with E-state index in [4.69, 9.17) is 16.3 Å². The average molecular weight is 349 g/mol. The van der Waals surface area contributed by atoms with Crippen molar-refractivity contribution in [3.63, 3.8) is 0 Å². The fourth-order valence-electron chi connectivity index (χ4n) is 3.29. The van der Waals surface area contributed by atoms with Gasteiger partial charge in [0.15, 0.2) is 0 Å². The second-order valence-corrected chi connectivity index (χ2v) is 6.91. The van der Waals surface area contributed by atoms with Gasteiger partial charge in [-0.2, -0.15) is 0 Å². The lowest BCUT2D eigenvalue weighted by atomic mass is 10.1. The Labute approximate surface area is 148 Å². The number of halogens is 1. The second kappa shape index (κ2) is 7.70. The first kappa shape index (κ1) is 17.5. The molecule has 0 spiro atoms. The zero-order valence-electron chi connectivity index (χ0n) is 14.2. The average Bonchev–Trinajstić information content (AvgIpc) is 3.05. The first-order valence-electron chi connectivity index (χ1n) is 8.49. The first-order chi connectivity index (χ1) is 11.5. The summed E-state index contributed by atoms with van der Waals surface area (Å²) >= 11 is 5.91. The number of ether oxygens (including phenoxy) is 1. The van der Waals surface area contributed by atoms with E-state index in [1.807, 2.05) is 31.2 Å². The van der Waals surface area contributed by atoms with Gasteiger partial charge in [0.2, 0.25) is 0 Å². The Morgan fingerprint density at radius 3 is 2.75 bits per heavy atom. The fourth-order valence-corrected chi connectivity index (χ4v) is 3.41. The van der Waals surface area contributed by atoms with Crippen LogP contribution in [0.4, 0.5) is 0 Å². The van der Waals surface area contributed by atoms with Crippen LogP contribution in [0.3, 0.4) is 0 Å². The molecular formula is C19H25ClN2O2. The lowest BCUT2D eigenvalue weighted by molar-refractivity contribution is -0.0230. The molecule has 0 bridgehead atoms. The van der Waals surface area contributed by atoms with Gasteiger partial charge in [0.05, 0.1) is 18.8 Å². The van der Waals surface area contributed by atoms with Crippen LogP contribution in [-0.2, 0) is 11.3 Å². The molecule has 0 saturated carbocycles. The molecule has 1 aliphatic heterocycles. The minimum Gasteiger partial charge on any atom is -0.389 e. The monoisotopic (exact) mass is 348 g/mol. The Hall–Kier alpha value is -1.33. The van der Waals surface area contributed by atoms with Gasteiger partial charge in [0.1, 0.15) is 0 Å². The molecule has 1 N–H and O–H groups in total. The zero-order valence-corrected chi connectivity index (χ0v) is 15.0. The molecule has 1 aromatic heterocycles. The maximum absolute atomic E-state index is 10.4. The third-order valence-corrected chi connectivity index (χ3v) is 5.04. The van der Waals surface area contributed by atoms with Crippen molar-refractivity contribution in [3.05, 3.63) is 58.9 Å². The number of benzene rings is 1. The van der Waals surface area contributed by atoms with Crippen molar-refractivity contribution in [2.75, 3.05) is 19.7 Å². The third-order valence-electron chi connectivity index (χ3n) is 4.79. The number of fused-ring (bicyclic) bond motifs is 1. The number of aliphatic hydroxyl groups excluding tert-OH is 1. The molecule has 0 aliphatic carbocycles. The molecule has 0 saturated heterocycles. The standard InChI is InChI=1S/C19H25ClN2O2/c1-14-19-4-3-9-21(19)10-11-22(14)12-18(23)13-24-15(2)16-5-7-17(20)8-6-16/h3-9,14-15,18,23H,10-13H2,1-2H3/t14-,15-,18+/m0/s1. The van der Waals surface area contributed by atoms with E-state index in [1.165, 1.54) is 5.69 Å². The molecule has 24 heavy (non-hydrogen) atoms. The Balaban J connectivity index is 1.49. The second-order valence-electron chi connectivity index (χ2n) is 6.48. The van der Waals surface area contributed by atoms with Crippen molar-refractivity contribution >= 4 is 11.6 Å². The van der Waals surface area contributed by atoms with Gasteiger partial charge < -0.3 is 14.4 Å². The van der Waals surface area contributed by atoms with Crippen molar-refractivity contribution in [1.82, 2.24) is 9.47 Å². The molecule has 0 unspecified atom stereocenters. The number of hydrogen-bond donors (Lipinski definition) is 1. The molecular weight excluding hydrogens is 324 g/mol. The van der Waals surface area contributed by atoms with Crippen LogP contribution in [-0.4, -0.2) is 40.4 Å². The predicted octanol–water partition coefficient (Wildman–Crippen LogP) is 3.66. The molecule has 3 rings (SSSR count). The fraction of sp³-hybridized carbons (Fsp3) is 0.474. The normalized spacial score (nSPS) is 20.6. The van der Waals surface area contributed by atoms with Crippen LogP contribution in [0.1, 0.15) is 37.3 Å². The summed E-state index contributed by atoms with van der Waals surface area (Å²) in [7, 11) is 0. The van der Waals surface area contributed by atoms with Crippen LogP contribution < -0.4 is 0 Å². The van der Waals surface area contributed by atoms with E-state index < -0.39 is 6.10 Å². The van der Waals surface area contributed by atoms with Gasteiger partial charge in [-0.1, -0.05) is 23.7 Å². The van der Waals surface area contributed by atoms with E-state index in [1.54, 1.807) is 0 Å². The quantitative estimate of drug-likeness (QED) is 0.865. The maximum atomic E-state index is 10.4. The van der Waals surface area contributed by atoms with Gasteiger partial charge in [0, 0.05) is 42.6 Å². The molecule has 0 fully saturated rings. The molecule has 5 heteroatoms. The van der Waals surface area contributed by atoms with Crippen molar-refractivity contribution in [2.24, 2.45) is 0 Å². The Morgan fingerprint density at radius 1 is 1.25 bits per heavy atom. The predicted molar refractivity (Wildman–Crippen MR) is 96.2 cm³/mol. The molecule has 0 amide bonds. The first-order valence-corrected chi connectivity index (χ1v) is 8.86. The Morgan fingerprint density at radius 2 is 2.00 bits per heavy atom. The smallest absolute Gasteiger partial charge is 0.0900 e. The number of β-amino-alcohol motifs (C(OH)–C–C–N with tert-alkyl or cyclic N) is 1. The highest BCUT2D eigenvalue weighted by molar-refractivity contribution is 6.30. The van der Waals surface area contributed by atoms with Crippen molar-refractivity contribution < 1.29 is 9.84 Å². The van der Waals surface area contributed by atoms with Gasteiger partial charge in [-0.3, -0.25) is 4.90 Å². The lowest BCUT2D eigenvalue weighted by Gasteiger charge is -2.36. The lowest BCUT2D eigenvalue weighted by Crippen LogP contribution is -2.42. The van der Waals surface area contributed by atoms with E-state index in [-0.39, 0.29) is 6.10 Å². The maximum Gasteiger partial charge on any atom is 0.0900 e. The highest BCUT2D eigenvalue weighted by Gasteiger charge is 2.25. The van der Waals surface area contributed by atoms with Crippen LogP contribution in [0.5, 0.6) is 0 Å². The minimum atomic E-state index is -0.497. The summed E-state index contributed by atoms with van der Waals surface area (Å²) in [5, 5.41) is 11.1. The van der Waals surface area contributed by atoms with Gasteiger partial charge in [-0.25, -0.2) is 0 Å². The van der Waals surface area contributed by atoms with E-state index in [0.29, 0.717) is 19.2 Å². The SMILES string of the molecule is C[C@H](OC[C@H](O)CN1CCn2cccc2[C@@H]1C)c1ccc(Cl)cc1. The topological polar surface area (TPSA) is 37.6 Å². The summed E-state index contributed by atoms with van der Waals surface area (Å²) < 4.78 is 8.12. The Bertz CT molecular complexity index is 656. The number of rotatable bonds is 6. The van der Waals surface area contributed by atoms with Crippen LogP contribution in [0.25, 0.3) is 0 Å². The summed E-state index contributed by atoms with van der Waals surface area (Å²) in [5.74, 6) is 0. The zero-order chi connectivity index (χ0) is 17.1. The summed E-state index contributed by atoms with van der Waals surface area (Å²) in [6.45, 7) is 7.06. The highest BCUT2D eigenvalue weighted by Crippen LogP contribution is 2.25. The molecule has 3 atom stereocenters. The van der Waals surface area contributed by atoms with E-state index in [2.05, 4.69) is 34.7 Å². The van der Waals surface area contributed by atoms with E-state index in [9.17, 15) is 5.11 Å². The molecule has 1 aliphatic rings. The van der Waals surface area contributed by atoms with Gasteiger partial charge in [-0.05, 0) is 43.7 Å². The molecule has 4 nitrogen and oxygen atoms in total. The molecule has 2 heterocycles. The molecule has 130 valence electrons. The van der Waals surface area contributed by atoms with Crippen LogP contribution in [0.15, 0.2) is 42.6 Å². The van der Waals surface area contributed by atoms with Gasteiger partial charge in [0.25, 0.3) is 0 Å². The van der Waals surface area contributed by atoms with Gasteiger partial charge in [-0.15, -0.1) is 0 Å². The van der Waals surface area contributed by atoms with Crippen LogP contribution in [0.2, 0.25) is 5.02 Å². The Kier molecular flexibility index (Phi) is 5.61. The highest BCUT2D eigenvalue weighted by atomic mass is 35.5. The summed E-state index contributed by atoms with van der Waals surface area (Å²) in [5.41, 5.74) is 2.37. The van der Waals surface area contributed by atoms with Crippen LogP contribution in [0, 0.1) is 0 Å². The molecule has 1 aromatic carbocycles. The molecule has 2 aromatic rings. The number of nitrogens with zero attached hydrogens (tertiary/aromatic N) is 2. The van der Waals surface area contributed by atoms with Crippen molar-refractivity contribution in [1.29, 1.82) is 0 Å². The van der Waals surface area contributed by atoms with Gasteiger partial charge >= 0.3 is 0 Å². The summed E-state index contributed by atoms with van der Waals surface area (Å²) in [4.78, 5) is 2.32. The molecule has 0 radical (unpaired) electrons. The van der Waals surface area contributed by atoms with Crippen molar-refractivity contribution in [3.8, 4) is 0 Å². The minimum absolute atomic E-state index is 0.0621. The summed E-state index contributed by atoms with van der Waals surface area (Å²) in [6.07, 6.45) is 1.56. The number of hydrogen-bond acceptors (Lipinski definition) is 3. The largest absolute Gasteiger partial charge is 0.389 e. The number of aromatic nitrogens is 1. The van der Waals surface area contributed by atoms with E-state index >= 15 is 0 Å².